The Kier molecular flexibility index (Phi) is 2.79. The van der Waals surface area contributed by atoms with E-state index in [0.717, 1.165) is 13.2 Å². The molecule has 2 atom stereocenters. The summed E-state index contributed by atoms with van der Waals surface area (Å²) in [5.74, 6) is 0. The summed E-state index contributed by atoms with van der Waals surface area (Å²) in [6.45, 7) is 1.98. The molecular weight excluding hydrogens is 152 g/mol. The molecule has 0 aromatic rings. The number of allylic oxidation sites excluding steroid dienone is 2. The topological polar surface area (TPSA) is 25.1 Å². The van der Waals surface area contributed by atoms with Gasteiger partial charge in [0.25, 0.3) is 0 Å². The number of epoxide rings is 2. The maximum Gasteiger partial charge on any atom is 0.0812 e. The average molecular weight is 168 g/mol. The molecule has 0 radical (unpaired) electrons. The third-order valence-electron chi connectivity index (χ3n) is 2.28. The van der Waals surface area contributed by atoms with Crippen molar-refractivity contribution < 1.29 is 9.47 Å². The Balaban J connectivity index is 1.41. The van der Waals surface area contributed by atoms with Crippen molar-refractivity contribution in [3.63, 3.8) is 0 Å². The van der Waals surface area contributed by atoms with Crippen LogP contribution in [0.25, 0.3) is 0 Å². The lowest BCUT2D eigenvalue weighted by Gasteiger charge is -1.89. The lowest BCUT2D eigenvalue weighted by molar-refractivity contribution is 0.396. The van der Waals surface area contributed by atoms with E-state index in [4.69, 9.17) is 9.47 Å². The van der Waals surface area contributed by atoms with Crippen LogP contribution in [-0.2, 0) is 9.47 Å². The molecule has 0 aliphatic carbocycles. The third-order valence-corrected chi connectivity index (χ3v) is 2.28. The van der Waals surface area contributed by atoms with E-state index in [2.05, 4.69) is 12.2 Å². The van der Waals surface area contributed by atoms with Crippen LogP contribution < -0.4 is 0 Å². The van der Waals surface area contributed by atoms with Gasteiger partial charge in [-0.05, 0) is 25.7 Å². The van der Waals surface area contributed by atoms with E-state index in [0.29, 0.717) is 12.2 Å². The maximum atomic E-state index is 5.11. The molecule has 2 aliphatic heterocycles. The van der Waals surface area contributed by atoms with Crippen LogP contribution in [0.2, 0.25) is 0 Å². The smallest absolute Gasteiger partial charge is 0.0812 e. The summed E-state index contributed by atoms with van der Waals surface area (Å²) in [5, 5.41) is 0. The molecule has 2 aliphatic rings. The quantitative estimate of drug-likeness (QED) is 0.447. The summed E-state index contributed by atoms with van der Waals surface area (Å²) in [6.07, 6.45) is 10.5. The first-order chi connectivity index (χ1) is 5.95. The molecule has 2 unspecified atom stereocenters. The van der Waals surface area contributed by atoms with Gasteiger partial charge in [-0.3, -0.25) is 0 Å². The summed E-state index contributed by atoms with van der Waals surface area (Å²) in [5.41, 5.74) is 0. The average Bonchev–Trinajstić information content (AvgIpc) is 2.89. The third kappa shape index (κ3) is 3.37. The van der Waals surface area contributed by atoms with Crippen molar-refractivity contribution in [2.24, 2.45) is 0 Å². The second kappa shape index (κ2) is 4.06. The van der Waals surface area contributed by atoms with Gasteiger partial charge < -0.3 is 9.47 Å². The molecule has 2 nitrogen and oxygen atoms in total. The van der Waals surface area contributed by atoms with Crippen molar-refractivity contribution >= 4 is 0 Å². The lowest BCUT2D eigenvalue weighted by atomic mass is 10.2. The highest BCUT2D eigenvalue weighted by Crippen LogP contribution is 2.17. The molecule has 2 rings (SSSR count). The second-order valence-corrected chi connectivity index (χ2v) is 3.54. The molecule has 0 N–H and O–H groups in total. The molecule has 0 amide bonds. The summed E-state index contributed by atoms with van der Waals surface area (Å²) in [6, 6.07) is 0. The minimum absolute atomic E-state index is 0.585. The van der Waals surface area contributed by atoms with Crippen LogP contribution in [0.5, 0.6) is 0 Å². The first kappa shape index (κ1) is 8.27. The highest BCUT2D eigenvalue weighted by molar-refractivity contribution is 4.86. The van der Waals surface area contributed by atoms with Crippen LogP contribution in [0.3, 0.4) is 0 Å². The van der Waals surface area contributed by atoms with Gasteiger partial charge in [0.1, 0.15) is 0 Å². The molecule has 68 valence electrons. The van der Waals surface area contributed by atoms with E-state index in [1.165, 1.54) is 25.7 Å². The van der Waals surface area contributed by atoms with Crippen molar-refractivity contribution in [3.8, 4) is 0 Å². The van der Waals surface area contributed by atoms with Gasteiger partial charge in [-0.15, -0.1) is 0 Å². The van der Waals surface area contributed by atoms with Crippen LogP contribution in [0, 0.1) is 0 Å². The predicted molar refractivity (Wildman–Crippen MR) is 47.1 cm³/mol. The van der Waals surface area contributed by atoms with Gasteiger partial charge in [0.05, 0.1) is 25.4 Å². The normalized spacial score (nSPS) is 32.7. The number of ether oxygens (including phenoxy) is 2. The van der Waals surface area contributed by atoms with Crippen LogP contribution >= 0.6 is 0 Å². The van der Waals surface area contributed by atoms with Crippen molar-refractivity contribution in [1.29, 1.82) is 0 Å². The Morgan fingerprint density at radius 3 is 1.67 bits per heavy atom. The Hall–Kier alpha value is -0.340. The van der Waals surface area contributed by atoms with E-state index < -0.39 is 0 Å². The second-order valence-electron chi connectivity index (χ2n) is 3.54. The zero-order valence-corrected chi connectivity index (χ0v) is 7.37. The molecule has 0 saturated carbocycles. The predicted octanol–water partition coefficient (Wildman–Crippen LogP) is 1.90. The lowest BCUT2D eigenvalue weighted by Crippen LogP contribution is -1.83. The Morgan fingerprint density at radius 2 is 1.33 bits per heavy atom. The summed E-state index contributed by atoms with van der Waals surface area (Å²) in [4.78, 5) is 0. The van der Waals surface area contributed by atoms with E-state index in [-0.39, 0.29) is 0 Å². The van der Waals surface area contributed by atoms with Gasteiger partial charge in [-0.1, -0.05) is 12.2 Å². The van der Waals surface area contributed by atoms with Gasteiger partial charge in [0.2, 0.25) is 0 Å². The van der Waals surface area contributed by atoms with Gasteiger partial charge in [0, 0.05) is 0 Å². The number of rotatable bonds is 6. The minimum Gasteiger partial charge on any atom is -0.373 e. The Labute approximate surface area is 73.5 Å². The molecule has 0 spiro atoms. The first-order valence-corrected chi connectivity index (χ1v) is 4.83. The molecule has 2 fully saturated rings. The fourth-order valence-electron chi connectivity index (χ4n) is 1.27. The van der Waals surface area contributed by atoms with Crippen LogP contribution in [0.1, 0.15) is 25.7 Å². The molecular formula is C10H16O2. The standard InChI is InChI=1S/C10H16O2/c1(3-5-9-7-11-9)2-4-6-10-8-12-10/h1-2,9-10H,3-8H2. The van der Waals surface area contributed by atoms with E-state index in [1.807, 2.05) is 0 Å². The number of hydrogen-bond donors (Lipinski definition) is 0. The van der Waals surface area contributed by atoms with Crippen molar-refractivity contribution in [2.45, 2.75) is 37.9 Å². The molecule has 2 heteroatoms. The highest BCUT2D eigenvalue weighted by atomic mass is 16.6. The van der Waals surface area contributed by atoms with Crippen molar-refractivity contribution in [1.82, 2.24) is 0 Å². The monoisotopic (exact) mass is 168 g/mol. The Bertz CT molecular complexity index is 139. The van der Waals surface area contributed by atoms with Gasteiger partial charge in [0.15, 0.2) is 0 Å². The largest absolute Gasteiger partial charge is 0.373 e. The van der Waals surface area contributed by atoms with Crippen LogP contribution in [-0.4, -0.2) is 25.4 Å². The zero-order chi connectivity index (χ0) is 8.23. The van der Waals surface area contributed by atoms with Crippen molar-refractivity contribution in [3.05, 3.63) is 12.2 Å². The first-order valence-electron chi connectivity index (χ1n) is 4.83. The maximum absolute atomic E-state index is 5.11. The zero-order valence-electron chi connectivity index (χ0n) is 7.37. The molecule has 12 heavy (non-hydrogen) atoms. The van der Waals surface area contributed by atoms with Gasteiger partial charge >= 0.3 is 0 Å². The molecule has 2 heterocycles. The fourth-order valence-corrected chi connectivity index (χ4v) is 1.27. The molecule has 0 aromatic heterocycles. The summed E-state index contributed by atoms with van der Waals surface area (Å²) < 4.78 is 10.2. The summed E-state index contributed by atoms with van der Waals surface area (Å²) >= 11 is 0. The van der Waals surface area contributed by atoms with E-state index in [1.54, 1.807) is 0 Å². The van der Waals surface area contributed by atoms with E-state index >= 15 is 0 Å². The van der Waals surface area contributed by atoms with Crippen LogP contribution in [0.4, 0.5) is 0 Å². The fraction of sp³-hybridized carbons (Fsp3) is 0.800. The minimum atomic E-state index is 0.585. The molecule has 0 bridgehead atoms. The van der Waals surface area contributed by atoms with Crippen LogP contribution in [0.15, 0.2) is 12.2 Å². The molecule has 2 saturated heterocycles. The number of hydrogen-bond acceptors (Lipinski definition) is 2. The SMILES string of the molecule is C(=CCCC1CO1)CCC1CO1. The van der Waals surface area contributed by atoms with Gasteiger partial charge in [-0.2, -0.15) is 0 Å². The van der Waals surface area contributed by atoms with Crippen molar-refractivity contribution in [2.75, 3.05) is 13.2 Å². The van der Waals surface area contributed by atoms with Gasteiger partial charge in [-0.25, -0.2) is 0 Å². The molecule has 0 aromatic carbocycles. The van der Waals surface area contributed by atoms with E-state index in [9.17, 15) is 0 Å². The highest BCUT2D eigenvalue weighted by Gasteiger charge is 2.21. The summed E-state index contributed by atoms with van der Waals surface area (Å²) in [7, 11) is 0. The Morgan fingerprint density at radius 1 is 0.917 bits per heavy atom.